The first kappa shape index (κ1) is 10.2. The standard InChI is InChI=1S/C11H17BrN2/c1-13-10(5-6-11(13)12)9-14-7-3-2-4-8-14/h5-6H,2-4,7-9H2,1H3. The maximum absolute atomic E-state index is 3.53. The molecule has 1 saturated heterocycles. The number of hydrogen-bond donors (Lipinski definition) is 0. The summed E-state index contributed by atoms with van der Waals surface area (Å²) in [6.07, 6.45) is 4.14. The Morgan fingerprint density at radius 3 is 2.50 bits per heavy atom. The summed E-state index contributed by atoms with van der Waals surface area (Å²) in [5.74, 6) is 0. The Labute approximate surface area is 94.0 Å². The van der Waals surface area contributed by atoms with Gasteiger partial charge in [-0.05, 0) is 54.0 Å². The van der Waals surface area contributed by atoms with Gasteiger partial charge >= 0.3 is 0 Å². The highest BCUT2D eigenvalue weighted by molar-refractivity contribution is 9.10. The lowest BCUT2D eigenvalue weighted by Crippen LogP contribution is -2.29. The summed E-state index contributed by atoms with van der Waals surface area (Å²) < 4.78 is 3.39. The molecule has 2 rings (SSSR count). The quantitative estimate of drug-likeness (QED) is 0.790. The van der Waals surface area contributed by atoms with Crippen molar-refractivity contribution in [2.75, 3.05) is 13.1 Å². The number of halogens is 1. The van der Waals surface area contributed by atoms with Crippen LogP contribution in [-0.2, 0) is 13.6 Å². The van der Waals surface area contributed by atoms with Crippen LogP contribution in [0.4, 0.5) is 0 Å². The van der Waals surface area contributed by atoms with Gasteiger partial charge in [-0.1, -0.05) is 6.42 Å². The third kappa shape index (κ3) is 2.20. The summed E-state index contributed by atoms with van der Waals surface area (Å²) in [4.78, 5) is 2.55. The minimum atomic E-state index is 1.10. The lowest BCUT2D eigenvalue weighted by molar-refractivity contribution is 0.216. The zero-order chi connectivity index (χ0) is 9.97. The van der Waals surface area contributed by atoms with Gasteiger partial charge in [0.15, 0.2) is 0 Å². The zero-order valence-corrected chi connectivity index (χ0v) is 10.3. The summed E-state index contributed by atoms with van der Waals surface area (Å²) in [5.41, 5.74) is 1.40. The van der Waals surface area contributed by atoms with Gasteiger partial charge in [0.2, 0.25) is 0 Å². The van der Waals surface area contributed by atoms with E-state index in [1.165, 1.54) is 42.6 Å². The van der Waals surface area contributed by atoms with Crippen LogP contribution in [0.1, 0.15) is 25.0 Å². The Kier molecular flexibility index (Phi) is 3.29. The summed E-state index contributed by atoms with van der Waals surface area (Å²) in [5, 5.41) is 0. The monoisotopic (exact) mass is 256 g/mol. The maximum atomic E-state index is 3.53. The largest absolute Gasteiger partial charge is 0.341 e. The number of nitrogens with zero attached hydrogens (tertiary/aromatic N) is 2. The van der Waals surface area contributed by atoms with E-state index >= 15 is 0 Å². The molecule has 2 nitrogen and oxygen atoms in total. The Morgan fingerprint density at radius 1 is 1.21 bits per heavy atom. The van der Waals surface area contributed by atoms with Gasteiger partial charge in [0, 0.05) is 19.3 Å². The van der Waals surface area contributed by atoms with Crippen LogP contribution in [-0.4, -0.2) is 22.6 Å². The highest BCUT2D eigenvalue weighted by Crippen LogP contribution is 2.17. The van der Waals surface area contributed by atoms with Crippen LogP contribution in [0, 0.1) is 0 Å². The number of likely N-dealkylation sites (tertiary alicyclic amines) is 1. The predicted octanol–water partition coefficient (Wildman–Crippen LogP) is 2.77. The normalized spacial score (nSPS) is 18.7. The van der Waals surface area contributed by atoms with Gasteiger partial charge in [-0.15, -0.1) is 0 Å². The molecule has 0 spiro atoms. The van der Waals surface area contributed by atoms with Gasteiger partial charge in [-0.3, -0.25) is 4.90 Å². The molecule has 1 aliphatic rings. The summed E-state index contributed by atoms with van der Waals surface area (Å²) in [6.45, 7) is 3.63. The van der Waals surface area contributed by atoms with E-state index in [9.17, 15) is 0 Å². The third-order valence-electron chi connectivity index (χ3n) is 3.00. The molecular formula is C11H17BrN2. The van der Waals surface area contributed by atoms with Crippen LogP contribution < -0.4 is 0 Å². The van der Waals surface area contributed by atoms with Crippen LogP contribution in [0.25, 0.3) is 0 Å². The molecule has 0 radical (unpaired) electrons. The highest BCUT2D eigenvalue weighted by atomic mass is 79.9. The lowest BCUT2D eigenvalue weighted by Gasteiger charge is -2.26. The number of piperidine rings is 1. The smallest absolute Gasteiger partial charge is 0.0846 e. The van der Waals surface area contributed by atoms with Crippen LogP contribution in [0.15, 0.2) is 16.7 Å². The predicted molar refractivity (Wildman–Crippen MR) is 62.2 cm³/mol. The fraction of sp³-hybridized carbons (Fsp3) is 0.636. The molecule has 2 heterocycles. The molecule has 0 aromatic carbocycles. The van der Waals surface area contributed by atoms with Crippen molar-refractivity contribution in [3.05, 3.63) is 22.4 Å². The van der Waals surface area contributed by atoms with Gasteiger partial charge < -0.3 is 4.57 Å². The minimum absolute atomic E-state index is 1.10. The van der Waals surface area contributed by atoms with Crippen molar-refractivity contribution in [1.82, 2.24) is 9.47 Å². The van der Waals surface area contributed by atoms with E-state index in [1.807, 2.05) is 0 Å². The number of rotatable bonds is 2. The number of aromatic nitrogens is 1. The fourth-order valence-corrected chi connectivity index (χ4v) is 2.39. The van der Waals surface area contributed by atoms with E-state index in [1.54, 1.807) is 0 Å². The van der Waals surface area contributed by atoms with Gasteiger partial charge in [-0.25, -0.2) is 0 Å². The van der Waals surface area contributed by atoms with Crippen molar-refractivity contribution in [2.24, 2.45) is 7.05 Å². The first-order valence-corrected chi connectivity index (χ1v) is 6.09. The fourth-order valence-electron chi connectivity index (χ4n) is 2.03. The molecule has 1 aromatic heterocycles. The summed E-state index contributed by atoms with van der Waals surface area (Å²) in [7, 11) is 2.11. The molecule has 1 fully saturated rings. The minimum Gasteiger partial charge on any atom is -0.341 e. The number of hydrogen-bond acceptors (Lipinski definition) is 1. The molecular weight excluding hydrogens is 240 g/mol. The second kappa shape index (κ2) is 4.49. The van der Waals surface area contributed by atoms with Crippen molar-refractivity contribution in [3.63, 3.8) is 0 Å². The molecule has 0 N–H and O–H groups in total. The maximum Gasteiger partial charge on any atom is 0.0846 e. The molecule has 1 aromatic rings. The second-order valence-corrected chi connectivity index (χ2v) is 4.86. The summed E-state index contributed by atoms with van der Waals surface area (Å²) in [6, 6.07) is 4.33. The van der Waals surface area contributed by atoms with E-state index in [0.29, 0.717) is 0 Å². The average molecular weight is 257 g/mol. The lowest BCUT2D eigenvalue weighted by atomic mass is 10.1. The van der Waals surface area contributed by atoms with Gasteiger partial charge in [0.05, 0.1) is 4.60 Å². The van der Waals surface area contributed by atoms with Crippen LogP contribution in [0.2, 0.25) is 0 Å². The van der Waals surface area contributed by atoms with Gasteiger partial charge in [0.25, 0.3) is 0 Å². The third-order valence-corrected chi connectivity index (χ3v) is 3.80. The van der Waals surface area contributed by atoms with E-state index in [2.05, 4.69) is 44.6 Å². The van der Waals surface area contributed by atoms with Crippen molar-refractivity contribution in [3.8, 4) is 0 Å². The molecule has 0 saturated carbocycles. The van der Waals surface area contributed by atoms with Gasteiger partial charge in [0.1, 0.15) is 0 Å². The molecule has 1 aliphatic heterocycles. The molecule has 0 bridgehead atoms. The van der Waals surface area contributed by atoms with E-state index in [-0.39, 0.29) is 0 Å². The molecule has 14 heavy (non-hydrogen) atoms. The molecule has 0 amide bonds. The topological polar surface area (TPSA) is 8.17 Å². The second-order valence-electron chi connectivity index (χ2n) is 4.04. The zero-order valence-electron chi connectivity index (χ0n) is 8.67. The average Bonchev–Trinajstić information content (AvgIpc) is 2.52. The molecule has 3 heteroatoms. The van der Waals surface area contributed by atoms with E-state index < -0.39 is 0 Å². The van der Waals surface area contributed by atoms with Crippen molar-refractivity contribution in [2.45, 2.75) is 25.8 Å². The van der Waals surface area contributed by atoms with Gasteiger partial charge in [-0.2, -0.15) is 0 Å². The van der Waals surface area contributed by atoms with Crippen LogP contribution in [0.3, 0.4) is 0 Å². The molecule has 0 aliphatic carbocycles. The van der Waals surface area contributed by atoms with Crippen LogP contribution >= 0.6 is 15.9 Å². The Bertz CT molecular complexity index is 300. The van der Waals surface area contributed by atoms with Crippen molar-refractivity contribution >= 4 is 15.9 Å². The Balaban J connectivity index is 1.99. The van der Waals surface area contributed by atoms with Crippen molar-refractivity contribution < 1.29 is 0 Å². The molecule has 0 atom stereocenters. The van der Waals surface area contributed by atoms with Crippen LogP contribution in [0.5, 0.6) is 0 Å². The first-order chi connectivity index (χ1) is 6.77. The highest BCUT2D eigenvalue weighted by Gasteiger charge is 2.12. The first-order valence-electron chi connectivity index (χ1n) is 5.30. The molecule has 78 valence electrons. The van der Waals surface area contributed by atoms with E-state index in [4.69, 9.17) is 0 Å². The molecule has 0 unspecified atom stereocenters. The SMILES string of the molecule is Cn1c(Br)ccc1CN1CCCCC1. The Hall–Kier alpha value is -0.280. The van der Waals surface area contributed by atoms with E-state index in [0.717, 1.165) is 6.54 Å². The summed E-state index contributed by atoms with van der Waals surface area (Å²) >= 11 is 3.53. The Morgan fingerprint density at radius 2 is 1.93 bits per heavy atom. The van der Waals surface area contributed by atoms with Crippen molar-refractivity contribution in [1.29, 1.82) is 0 Å².